The molecule has 0 unspecified atom stereocenters. The minimum Gasteiger partial charge on any atom is -0.496 e. The molecule has 0 saturated carbocycles. The first kappa shape index (κ1) is 13.5. The highest BCUT2D eigenvalue weighted by molar-refractivity contribution is 5.36. The third-order valence-corrected chi connectivity index (χ3v) is 3.03. The van der Waals surface area contributed by atoms with Crippen LogP contribution in [0.5, 0.6) is 5.75 Å². The molecule has 0 saturated heterocycles. The first-order chi connectivity index (χ1) is 9.10. The molecule has 19 heavy (non-hydrogen) atoms. The Kier molecular flexibility index (Phi) is 4.16. The van der Waals surface area contributed by atoms with E-state index in [0.717, 1.165) is 11.1 Å². The second kappa shape index (κ2) is 5.84. The number of benzene rings is 1. The Bertz CT molecular complexity index is 553. The summed E-state index contributed by atoms with van der Waals surface area (Å²) >= 11 is 0. The molecule has 0 amide bonds. The summed E-state index contributed by atoms with van der Waals surface area (Å²) in [5.74, 6) is 0.429. The molecule has 2 rings (SSSR count). The SMILES string of the molecule is COc1ccc(F)cc1[C@H](C)NCc1cnn(C)c1. The fourth-order valence-corrected chi connectivity index (χ4v) is 1.99. The maximum absolute atomic E-state index is 13.3. The molecular weight excluding hydrogens is 245 g/mol. The molecule has 0 spiro atoms. The van der Waals surface area contributed by atoms with Gasteiger partial charge in [-0.3, -0.25) is 4.68 Å². The second-order valence-electron chi connectivity index (χ2n) is 4.51. The lowest BCUT2D eigenvalue weighted by molar-refractivity contribution is 0.399. The zero-order valence-electron chi connectivity index (χ0n) is 11.4. The summed E-state index contributed by atoms with van der Waals surface area (Å²) in [6.45, 7) is 2.66. The van der Waals surface area contributed by atoms with Crippen molar-refractivity contribution >= 4 is 0 Å². The molecule has 0 aliphatic heterocycles. The van der Waals surface area contributed by atoms with Crippen molar-refractivity contribution in [2.24, 2.45) is 7.05 Å². The third kappa shape index (κ3) is 3.32. The minimum absolute atomic E-state index is 0.00847. The van der Waals surface area contributed by atoms with Crippen molar-refractivity contribution in [3.8, 4) is 5.75 Å². The summed E-state index contributed by atoms with van der Waals surface area (Å²) < 4.78 is 20.3. The molecule has 0 aliphatic rings. The van der Waals surface area contributed by atoms with E-state index in [1.165, 1.54) is 12.1 Å². The predicted molar refractivity (Wildman–Crippen MR) is 71.4 cm³/mol. The molecule has 1 aromatic heterocycles. The number of nitrogens with one attached hydrogen (secondary N) is 1. The van der Waals surface area contributed by atoms with Crippen molar-refractivity contribution in [1.29, 1.82) is 0 Å². The van der Waals surface area contributed by atoms with Gasteiger partial charge in [0, 0.05) is 37.0 Å². The van der Waals surface area contributed by atoms with Crippen LogP contribution in [-0.4, -0.2) is 16.9 Å². The molecule has 0 radical (unpaired) electrons. The molecule has 4 nitrogen and oxygen atoms in total. The number of halogens is 1. The van der Waals surface area contributed by atoms with E-state index in [1.807, 2.05) is 26.4 Å². The van der Waals surface area contributed by atoms with E-state index in [2.05, 4.69) is 10.4 Å². The van der Waals surface area contributed by atoms with Gasteiger partial charge in [-0.05, 0) is 25.1 Å². The maximum atomic E-state index is 13.3. The summed E-state index contributed by atoms with van der Waals surface area (Å²) in [5.41, 5.74) is 1.90. The highest BCUT2D eigenvalue weighted by Crippen LogP contribution is 2.25. The topological polar surface area (TPSA) is 39.1 Å². The quantitative estimate of drug-likeness (QED) is 0.900. The van der Waals surface area contributed by atoms with Crippen LogP contribution in [0.3, 0.4) is 0 Å². The highest BCUT2D eigenvalue weighted by atomic mass is 19.1. The Morgan fingerprint density at radius 2 is 2.26 bits per heavy atom. The van der Waals surface area contributed by atoms with Crippen LogP contribution in [0.1, 0.15) is 24.1 Å². The number of hydrogen-bond acceptors (Lipinski definition) is 3. The van der Waals surface area contributed by atoms with Crippen molar-refractivity contribution in [3.05, 3.63) is 47.5 Å². The monoisotopic (exact) mass is 263 g/mol. The molecule has 0 bridgehead atoms. The summed E-state index contributed by atoms with van der Waals surface area (Å²) in [7, 11) is 3.47. The molecule has 1 heterocycles. The van der Waals surface area contributed by atoms with Gasteiger partial charge in [-0.15, -0.1) is 0 Å². The number of nitrogens with zero attached hydrogens (tertiary/aromatic N) is 2. The Morgan fingerprint density at radius 3 is 2.89 bits per heavy atom. The summed E-state index contributed by atoms with van der Waals surface area (Å²) in [6, 6.07) is 4.54. The summed E-state index contributed by atoms with van der Waals surface area (Å²) in [6.07, 6.45) is 3.76. The molecule has 1 N–H and O–H groups in total. The van der Waals surface area contributed by atoms with E-state index in [-0.39, 0.29) is 11.9 Å². The molecular formula is C14H18FN3O. The van der Waals surface area contributed by atoms with Crippen LogP contribution in [-0.2, 0) is 13.6 Å². The van der Waals surface area contributed by atoms with Gasteiger partial charge in [-0.25, -0.2) is 4.39 Å². The average Bonchev–Trinajstić information content (AvgIpc) is 2.81. The van der Waals surface area contributed by atoms with Gasteiger partial charge in [0.05, 0.1) is 13.3 Å². The smallest absolute Gasteiger partial charge is 0.123 e. The molecule has 5 heteroatoms. The van der Waals surface area contributed by atoms with Gasteiger partial charge in [0.1, 0.15) is 11.6 Å². The van der Waals surface area contributed by atoms with E-state index in [9.17, 15) is 4.39 Å². The molecule has 0 fully saturated rings. The van der Waals surface area contributed by atoms with Gasteiger partial charge in [-0.2, -0.15) is 5.10 Å². The Morgan fingerprint density at radius 1 is 1.47 bits per heavy atom. The highest BCUT2D eigenvalue weighted by Gasteiger charge is 2.12. The van der Waals surface area contributed by atoms with Gasteiger partial charge in [0.2, 0.25) is 0 Å². The lowest BCUT2D eigenvalue weighted by Crippen LogP contribution is -2.18. The first-order valence-electron chi connectivity index (χ1n) is 6.14. The normalized spacial score (nSPS) is 12.4. The standard InChI is InChI=1S/C14H18FN3O/c1-10(16-7-11-8-17-18(2)9-11)13-6-12(15)4-5-14(13)19-3/h4-6,8-10,16H,7H2,1-3H3/t10-/m0/s1. The van der Waals surface area contributed by atoms with E-state index in [4.69, 9.17) is 4.74 Å². The van der Waals surface area contributed by atoms with Gasteiger partial charge < -0.3 is 10.1 Å². The first-order valence-corrected chi connectivity index (χ1v) is 6.14. The lowest BCUT2D eigenvalue weighted by atomic mass is 10.1. The van der Waals surface area contributed by atoms with Crippen molar-refractivity contribution < 1.29 is 9.13 Å². The Hall–Kier alpha value is -1.88. The fraction of sp³-hybridized carbons (Fsp3) is 0.357. The van der Waals surface area contributed by atoms with Gasteiger partial charge in [0.25, 0.3) is 0 Å². The lowest BCUT2D eigenvalue weighted by Gasteiger charge is -2.17. The number of aryl methyl sites for hydroxylation is 1. The third-order valence-electron chi connectivity index (χ3n) is 3.03. The summed E-state index contributed by atoms with van der Waals surface area (Å²) in [4.78, 5) is 0. The minimum atomic E-state index is -0.258. The average molecular weight is 263 g/mol. The van der Waals surface area contributed by atoms with Crippen molar-refractivity contribution in [3.63, 3.8) is 0 Å². The summed E-state index contributed by atoms with van der Waals surface area (Å²) in [5, 5.41) is 7.44. The van der Waals surface area contributed by atoms with E-state index in [0.29, 0.717) is 12.3 Å². The van der Waals surface area contributed by atoms with Gasteiger partial charge >= 0.3 is 0 Å². The molecule has 102 valence electrons. The van der Waals surface area contributed by atoms with Crippen LogP contribution in [0.15, 0.2) is 30.6 Å². The van der Waals surface area contributed by atoms with Crippen LogP contribution in [0, 0.1) is 5.82 Å². The van der Waals surface area contributed by atoms with Crippen LogP contribution < -0.4 is 10.1 Å². The van der Waals surface area contributed by atoms with Crippen molar-refractivity contribution in [2.45, 2.75) is 19.5 Å². The van der Waals surface area contributed by atoms with Crippen molar-refractivity contribution in [2.75, 3.05) is 7.11 Å². The van der Waals surface area contributed by atoms with Crippen LogP contribution in [0.2, 0.25) is 0 Å². The number of methoxy groups -OCH3 is 1. The second-order valence-corrected chi connectivity index (χ2v) is 4.51. The Balaban J connectivity index is 2.06. The van der Waals surface area contributed by atoms with Crippen LogP contribution in [0.25, 0.3) is 0 Å². The zero-order chi connectivity index (χ0) is 13.8. The predicted octanol–water partition coefficient (Wildman–Crippen LogP) is 2.42. The van der Waals surface area contributed by atoms with Gasteiger partial charge in [0.15, 0.2) is 0 Å². The number of rotatable bonds is 5. The number of aromatic nitrogens is 2. The number of hydrogen-bond donors (Lipinski definition) is 1. The van der Waals surface area contributed by atoms with Crippen LogP contribution in [0.4, 0.5) is 4.39 Å². The van der Waals surface area contributed by atoms with Crippen LogP contribution >= 0.6 is 0 Å². The maximum Gasteiger partial charge on any atom is 0.123 e. The Labute approximate surface area is 112 Å². The van der Waals surface area contributed by atoms with Crippen molar-refractivity contribution in [1.82, 2.24) is 15.1 Å². The molecule has 2 aromatic rings. The van der Waals surface area contributed by atoms with E-state index < -0.39 is 0 Å². The number of ether oxygens (including phenoxy) is 1. The molecule has 1 atom stereocenters. The van der Waals surface area contributed by atoms with Gasteiger partial charge in [-0.1, -0.05) is 0 Å². The fourth-order valence-electron chi connectivity index (χ4n) is 1.99. The van der Waals surface area contributed by atoms with E-state index >= 15 is 0 Å². The van der Waals surface area contributed by atoms with E-state index in [1.54, 1.807) is 17.9 Å². The molecule has 0 aliphatic carbocycles. The zero-order valence-corrected chi connectivity index (χ0v) is 11.4. The largest absolute Gasteiger partial charge is 0.496 e. The molecule has 1 aromatic carbocycles.